The highest BCUT2D eigenvalue weighted by Gasteiger charge is 2.28. The summed E-state index contributed by atoms with van der Waals surface area (Å²) < 4.78 is 34.4. The topological polar surface area (TPSA) is 47.6 Å². The Morgan fingerprint density at radius 3 is 2.55 bits per heavy atom. The van der Waals surface area contributed by atoms with Gasteiger partial charge in [0.25, 0.3) is 5.91 Å². The molecule has 1 aromatic carbocycles. The maximum Gasteiger partial charge on any atom is 0.387 e. The summed E-state index contributed by atoms with van der Waals surface area (Å²) in [4.78, 5) is 12.0. The minimum absolute atomic E-state index is 0.0276. The van der Waals surface area contributed by atoms with Gasteiger partial charge < -0.3 is 14.8 Å². The number of halogens is 4. The summed E-state index contributed by atoms with van der Waals surface area (Å²) in [6.45, 7) is 0.0454. The molecule has 0 bridgehead atoms. The normalized spacial score (nSPS) is 11.6. The Hall–Kier alpha value is -0.920. The fraction of sp³-hybridized carbons (Fsp3) is 0.417. The minimum Gasteiger partial charge on any atom is -0.431 e. The number of rotatable bonds is 5. The van der Waals surface area contributed by atoms with Gasteiger partial charge in [0.05, 0.1) is 10.2 Å². The van der Waals surface area contributed by atoms with Gasteiger partial charge in [-0.3, -0.25) is 4.79 Å². The fourth-order valence-electron chi connectivity index (χ4n) is 1.23. The second kappa shape index (κ2) is 6.69. The van der Waals surface area contributed by atoms with Crippen LogP contribution < -0.4 is 10.1 Å². The van der Waals surface area contributed by atoms with Crippen LogP contribution in [0.5, 0.6) is 5.75 Å². The third-order valence-corrected chi connectivity index (χ3v) is 3.33. The van der Waals surface area contributed by atoms with E-state index in [0.29, 0.717) is 0 Å². The highest BCUT2D eigenvalue weighted by molar-refractivity contribution is 9.10. The molecule has 0 heterocycles. The maximum absolute atomic E-state index is 12.4. The monoisotopic (exact) mass is 371 g/mol. The van der Waals surface area contributed by atoms with Crippen LogP contribution in [0.1, 0.15) is 13.8 Å². The zero-order valence-corrected chi connectivity index (χ0v) is 13.3. The molecule has 1 N–H and O–H groups in total. The summed E-state index contributed by atoms with van der Waals surface area (Å²) in [5, 5.41) is 2.71. The number of benzene rings is 1. The van der Waals surface area contributed by atoms with E-state index in [2.05, 4.69) is 26.0 Å². The first kappa shape index (κ1) is 17.1. The summed E-state index contributed by atoms with van der Waals surface area (Å²) in [5.41, 5.74) is -1.10. The lowest BCUT2D eigenvalue weighted by Gasteiger charge is -2.23. The lowest BCUT2D eigenvalue weighted by molar-refractivity contribution is -0.133. The molecule has 8 heteroatoms. The molecule has 0 aromatic heterocycles. The molecule has 0 spiro atoms. The molecular weight excluding hydrogens is 359 g/mol. The number of carbonyl (C=O) groups is 1. The first-order chi connectivity index (χ1) is 9.17. The smallest absolute Gasteiger partial charge is 0.387 e. The van der Waals surface area contributed by atoms with Gasteiger partial charge in [0, 0.05) is 12.1 Å². The summed E-state index contributed by atoms with van der Waals surface area (Å²) in [6, 6.07) is 2.70. The highest BCUT2D eigenvalue weighted by atomic mass is 79.9. The van der Waals surface area contributed by atoms with E-state index in [1.807, 2.05) is 0 Å². The molecule has 0 saturated carbocycles. The minimum atomic E-state index is -3.03. The predicted molar refractivity (Wildman–Crippen MR) is 75.5 cm³/mol. The molecule has 20 heavy (non-hydrogen) atoms. The van der Waals surface area contributed by atoms with Gasteiger partial charge in [-0.1, -0.05) is 11.6 Å². The molecule has 1 amide bonds. The number of carbonyl (C=O) groups excluding carboxylic acids is 1. The van der Waals surface area contributed by atoms with Crippen molar-refractivity contribution in [1.29, 1.82) is 0 Å². The van der Waals surface area contributed by atoms with Crippen LogP contribution in [-0.2, 0) is 9.53 Å². The van der Waals surface area contributed by atoms with Gasteiger partial charge in [-0.25, -0.2) is 0 Å². The molecule has 0 aliphatic carbocycles. The van der Waals surface area contributed by atoms with Crippen LogP contribution >= 0.6 is 27.5 Å². The number of hydrogen-bond donors (Lipinski definition) is 1. The van der Waals surface area contributed by atoms with Gasteiger partial charge in [0.1, 0.15) is 5.60 Å². The average molecular weight is 373 g/mol. The number of hydrogen-bond acceptors (Lipinski definition) is 3. The van der Waals surface area contributed by atoms with Crippen molar-refractivity contribution in [2.24, 2.45) is 0 Å². The Labute approximate surface area is 128 Å². The zero-order chi connectivity index (χ0) is 15.5. The van der Waals surface area contributed by atoms with Crippen LogP contribution in [0.2, 0.25) is 5.02 Å². The van der Waals surface area contributed by atoms with Gasteiger partial charge in [-0.15, -0.1) is 0 Å². The van der Waals surface area contributed by atoms with Crippen molar-refractivity contribution in [3.8, 4) is 5.75 Å². The Kier molecular flexibility index (Phi) is 5.73. The molecule has 4 nitrogen and oxygen atoms in total. The number of amides is 1. The number of methoxy groups -OCH3 is 1. The molecule has 0 radical (unpaired) electrons. The molecule has 0 aliphatic heterocycles. The Balaban J connectivity index is 3.13. The molecule has 0 fully saturated rings. The first-order valence-electron chi connectivity index (χ1n) is 5.48. The maximum atomic E-state index is 12.4. The molecule has 0 atom stereocenters. The van der Waals surface area contributed by atoms with Crippen LogP contribution in [0.15, 0.2) is 16.6 Å². The molecule has 112 valence electrons. The molecule has 1 aromatic rings. The van der Waals surface area contributed by atoms with Crippen molar-refractivity contribution in [2.75, 3.05) is 12.4 Å². The fourth-order valence-corrected chi connectivity index (χ4v) is 2.13. The highest BCUT2D eigenvalue weighted by Crippen LogP contribution is 2.38. The number of anilines is 1. The Morgan fingerprint density at radius 2 is 2.05 bits per heavy atom. The SMILES string of the molecule is COC(C)(C)C(=O)Nc1cc(Cl)cc(Br)c1OC(F)F. The van der Waals surface area contributed by atoms with Crippen LogP contribution in [0, 0.1) is 0 Å². The second-order valence-corrected chi connectivity index (χ2v) is 5.60. The van der Waals surface area contributed by atoms with Gasteiger partial charge in [0.15, 0.2) is 5.75 Å². The van der Waals surface area contributed by atoms with Crippen molar-refractivity contribution in [2.45, 2.75) is 26.1 Å². The van der Waals surface area contributed by atoms with Crippen molar-refractivity contribution < 1.29 is 23.0 Å². The number of nitrogens with one attached hydrogen (secondary N) is 1. The number of ether oxygens (including phenoxy) is 2. The molecule has 0 unspecified atom stereocenters. The average Bonchev–Trinajstić information content (AvgIpc) is 2.33. The number of alkyl halides is 2. The first-order valence-corrected chi connectivity index (χ1v) is 6.65. The van der Waals surface area contributed by atoms with Crippen LogP contribution in [0.4, 0.5) is 14.5 Å². The van der Waals surface area contributed by atoms with Crippen molar-refractivity contribution in [3.63, 3.8) is 0 Å². The van der Waals surface area contributed by atoms with Crippen LogP contribution in [0.3, 0.4) is 0 Å². The van der Waals surface area contributed by atoms with E-state index in [4.69, 9.17) is 16.3 Å². The van der Waals surface area contributed by atoms with Gasteiger partial charge in [-0.05, 0) is 41.9 Å². The van der Waals surface area contributed by atoms with Gasteiger partial charge in [0.2, 0.25) is 0 Å². The summed E-state index contributed by atoms with van der Waals surface area (Å²) in [5.74, 6) is -0.724. The van der Waals surface area contributed by atoms with E-state index >= 15 is 0 Å². The Morgan fingerprint density at radius 1 is 1.45 bits per heavy atom. The zero-order valence-electron chi connectivity index (χ0n) is 11.0. The molecule has 0 saturated heterocycles. The lowest BCUT2D eigenvalue weighted by atomic mass is 10.1. The lowest BCUT2D eigenvalue weighted by Crippen LogP contribution is -2.38. The van der Waals surface area contributed by atoms with Crippen molar-refractivity contribution >= 4 is 39.1 Å². The Bertz CT molecular complexity index is 512. The predicted octanol–water partition coefficient (Wildman–Crippen LogP) is 4.07. The second-order valence-electron chi connectivity index (χ2n) is 4.31. The largest absolute Gasteiger partial charge is 0.431 e. The van der Waals surface area contributed by atoms with Crippen molar-refractivity contribution in [1.82, 2.24) is 0 Å². The molecule has 0 aliphatic rings. The van der Waals surface area contributed by atoms with Gasteiger partial charge >= 0.3 is 6.61 Å². The third kappa shape index (κ3) is 4.29. The summed E-state index contributed by atoms with van der Waals surface area (Å²) in [7, 11) is 1.37. The van der Waals surface area contributed by atoms with E-state index in [9.17, 15) is 13.6 Å². The quantitative estimate of drug-likeness (QED) is 0.847. The molecule has 1 rings (SSSR count). The van der Waals surface area contributed by atoms with Crippen LogP contribution in [0.25, 0.3) is 0 Å². The third-order valence-electron chi connectivity index (χ3n) is 2.52. The summed E-state index contributed by atoms with van der Waals surface area (Å²) in [6.07, 6.45) is 0. The molecular formula is C12H13BrClF2NO3. The summed E-state index contributed by atoms with van der Waals surface area (Å²) >= 11 is 8.89. The van der Waals surface area contributed by atoms with E-state index in [1.54, 1.807) is 0 Å². The van der Waals surface area contributed by atoms with E-state index in [0.717, 1.165) is 0 Å². The standard InChI is InChI=1S/C12H13BrClF2NO3/c1-12(2,19-3)10(18)17-8-5-6(14)4-7(13)9(8)20-11(15)16/h4-5,11H,1-3H3,(H,17,18). The van der Waals surface area contributed by atoms with Crippen LogP contribution in [-0.4, -0.2) is 25.2 Å². The van der Waals surface area contributed by atoms with E-state index in [1.165, 1.54) is 33.1 Å². The van der Waals surface area contributed by atoms with E-state index in [-0.39, 0.29) is 20.9 Å². The van der Waals surface area contributed by atoms with E-state index < -0.39 is 18.1 Å². The van der Waals surface area contributed by atoms with Crippen molar-refractivity contribution in [3.05, 3.63) is 21.6 Å². The van der Waals surface area contributed by atoms with Gasteiger partial charge in [-0.2, -0.15) is 8.78 Å².